The maximum atomic E-state index is 12.2. The van der Waals surface area contributed by atoms with Gasteiger partial charge in [-0.05, 0) is 30.2 Å². The van der Waals surface area contributed by atoms with Gasteiger partial charge >= 0.3 is 6.03 Å². The van der Waals surface area contributed by atoms with Gasteiger partial charge in [-0.2, -0.15) is 11.3 Å². The molecule has 1 fully saturated rings. The summed E-state index contributed by atoms with van der Waals surface area (Å²) in [6.45, 7) is 6.02. The van der Waals surface area contributed by atoms with Crippen molar-refractivity contribution < 1.29 is 9.59 Å². The van der Waals surface area contributed by atoms with Gasteiger partial charge in [-0.25, -0.2) is 4.79 Å². The zero-order chi connectivity index (χ0) is 15.2. The average Bonchev–Trinajstić information content (AvgIpc) is 2.97. The maximum Gasteiger partial charge on any atom is 0.317 e. The van der Waals surface area contributed by atoms with Crippen LogP contribution in [0.2, 0.25) is 0 Å². The summed E-state index contributed by atoms with van der Waals surface area (Å²) in [7, 11) is 0. The smallest absolute Gasteiger partial charge is 0.317 e. The Hall–Kier alpha value is -1.56. The Kier molecular flexibility index (Phi) is 5.61. The van der Waals surface area contributed by atoms with E-state index in [9.17, 15) is 9.59 Å². The van der Waals surface area contributed by atoms with E-state index < -0.39 is 0 Å². The third-order valence-corrected chi connectivity index (χ3v) is 4.21. The fourth-order valence-corrected chi connectivity index (χ4v) is 2.95. The number of piperidine rings is 1. The number of likely N-dealkylation sites (tertiary alicyclic amines) is 1. The monoisotopic (exact) mass is 309 g/mol. The summed E-state index contributed by atoms with van der Waals surface area (Å²) in [5.41, 5.74) is 0.839. The van der Waals surface area contributed by atoms with Crippen LogP contribution in [0.4, 0.5) is 10.5 Å². The van der Waals surface area contributed by atoms with Gasteiger partial charge in [-0.1, -0.05) is 13.8 Å². The first kappa shape index (κ1) is 15.8. The van der Waals surface area contributed by atoms with Gasteiger partial charge in [0.2, 0.25) is 5.91 Å². The first-order valence-corrected chi connectivity index (χ1v) is 8.36. The maximum absolute atomic E-state index is 12.2. The second kappa shape index (κ2) is 7.45. The van der Waals surface area contributed by atoms with Gasteiger partial charge in [0.15, 0.2) is 0 Å². The van der Waals surface area contributed by atoms with Crippen LogP contribution in [0.1, 0.15) is 26.7 Å². The van der Waals surface area contributed by atoms with Crippen molar-refractivity contribution in [1.29, 1.82) is 0 Å². The summed E-state index contributed by atoms with van der Waals surface area (Å²) < 4.78 is 0. The molecule has 3 amide bonds. The highest BCUT2D eigenvalue weighted by Gasteiger charge is 2.28. The highest BCUT2D eigenvalue weighted by atomic mass is 32.1. The predicted octanol–water partition coefficient (Wildman–Crippen LogP) is 2.76. The molecule has 116 valence electrons. The van der Waals surface area contributed by atoms with Gasteiger partial charge in [0.1, 0.15) is 0 Å². The molecule has 2 rings (SSSR count). The van der Waals surface area contributed by atoms with E-state index >= 15 is 0 Å². The molecule has 6 heteroatoms. The SMILES string of the molecule is CC(C)CNC(=O)N1CCC[C@@H](C(=O)Nc2ccsc2)C1. The van der Waals surface area contributed by atoms with Crippen molar-refractivity contribution in [2.75, 3.05) is 25.0 Å². The number of carbonyl (C=O) groups excluding carboxylic acids is 2. The number of nitrogens with one attached hydrogen (secondary N) is 2. The van der Waals surface area contributed by atoms with Crippen molar-refractivity contribution >= 4 is 29.0 Å². The molecule has 1 aromatic rings. The molecule has 0 unspecified atom stereocenters. The molecule has 1 saturated heterocycles. The second-order valence-corrected chi connectivity index (χ2v) is 6.65. The fraction of sp³-hybridized carbons (Fsp3) is 0.600. The third-order valence-electron chi connectivity index (χ3n) is 3.53. The molecule has 1 aliphatic heterocycles. The van der Waals surface area contributed by atoms with Crippen LogP contribution in [-0.4, -0.2) is 36.5 Å². The van der Waals surface area contributed by atoms with Gasteiger partial charge in [-0.3, -0.25) is 4.79 Å². The minimum Gasteiger partial charge on any atom is -0.338 e. The van der Waals surface area contributed by atoms with E-state index in [1.54, 1.807) is 16.2 Å². The Bertz CT molecular complexity index is 473. The minimum absolute atomic E-state index is 0.00904. The van der Waals surface area contributed by atoms with Crippen molar-refractivity contribution in [1.82, 2.24) is 10.2 Å². The predicted molar refractivity (Wildman–Crippen MR) is 85.5 cm³/mol. The van der Waals surface area contributed by atoms with E-state index in [0.29, 0.717) is 19.0 Å². The van der Waals surface area contributed by atoms with E-state index in [2.05, 4.69) is 24.5 Å². The molecule has 0 bridgehead atoms. The number of amides is 3. The summed E-state index contributed by atoms with van der Waals surface area (Å²) in [6, 6.07) is 1.83. The van der Waals surface area contributed by atoms with Crippen LogP contribution < -0.4 is 10.6 Å². The molecule has 2 N–H and O–H groups in total. The highest BCUT2D eigenvalue weighted by molar-refractivity contribution is 7.08. The van der Waals surface area contributed by atoms with Crippen LogP contribution in [-0.2, 0) is 4.79 Å². The summed E-state index contributed by atoms with van der Waals surface area (Å²) >= 11 is 1.55. The molecule has 0 aromatic carbocycles. The van der Waals surface area contributed by atoms with Gasteiger partial charge in [0.05, 0.1) is 11.6 Å². The molecule has 21 heavy (non-hydrogen) atoms. The highest BCUT2D eigenvalue weighted by Crippen LogP contribution is 2.20. The Morgan fingerprint density at radius 1 is 1.48 bits per heavy atom. The Morgan fingerprint density at radius 2 is 2.29 bits per heavy atom. The third kappa shape index (κ3) is 4.74. The zero-order valence-electron chi connectivity index (χ0n) is 12.6. The van der Waals surface area contributed by atoms with Crippen molar-refractivity contribution in [2.24, 2.45) is 11.8 Å². The van der Waals surface area contributed by atoms with Crippen LogP contribution in [0, 0.1) is 11.8 Å². The summed E-state index contributed by atoms with van der Waals surface area (Å²) in [5.74, 6) is 0.314. The first-order chi connectivity index (χ1) is 10.1. The molecule has 5 nitrogen and oxygen atoms in total. The first-order valence-electron chi connectivity index (χ1n) is 7.42. The standard InChI is InChI=1S/C15H23N3O2S/c1-11(2)8-16-15(20)18-6-3-4-12(9-18)14(19)17-13-5-7-21-10-13/h5,7,10-12H,3-4,6,8-9H2,1-2H3,(H,16,20)(H,17,19)/t12-/m1/s1. The number of rotatable bonds is 4. The van der Waals surface area contributed by atoms with Gasteiger partial charge in [0.25, 0.3) is 0 Å². The van der Waals surface area contributed by atoms with Crippen LogP contribution in [0.15, 0.2) is 16.8 Å². The number of hydrogen-bond acceptors (Lipinski definition) is 3. The summed E-state index contributed by atoms with van der Waals surface area (Å²) in [5, 5.41) is 9.67. The molecule has 0 spiro atoms. The van der Waals surface area contributed by atoms with Crippen molar-refractivity contribution in [2.45, 2.75) is 26.7 Å². The summed E-state index contributed by atoms with van der Waals surface area (Å²) in [4.78, 5) is 26.1. The molecule has 2 heterocycles. The van der Waals surface area contributed by atoms with Crippen LogP contribution >= 0.6 is 11.3 Å². The van der Waals surface area contributed by atoms with Crippen molar-refractivity contribution in [3.05, 3.63) is 16.8 Å². The van der Waals surface area contributed by atoms with Gasteiger partial charge < -0.3 is 15.5 Å². The van der Waals surface area contributed by atoms with Crippen LogP contribution in [0.25, 0.3) is 0 Å². The fourth-order valence-electron chi connectivity index (χ4n) is 2.36. The number of thiophene rings is 1. The Morgan fingerprint density at radius 3 is 2.95 bits per heavy atom. The number of carbonyl (C=O) groups is 2. The minimum atomic E-state index is -0.122. The van der Waals surface area contributed by atoms with E-state index in [4.69, 9.17) is 0 Å². The topological polar surface area (TPSA) is 61.4 Å². The van der Waals surface area contributed by atoms with Gasteiger partial charge in [-0.15, -0.1) is 0 Å². The number of anilines is 1. The second-order valence-electron chi connectivity index (χ2n) is 5.87. The largest absolute Gasteiger partial charge is 0.338 e. The van der Waals surface area contributed by atoms with Crippen molar-refractivity contribution in [3.8, 4) is 0 Å². The van der Waals surface area contributed by atoms with Crippen LogP contribution in [0.3, 0.4) is 0 Å². The average molecular weight is 309 g/mol. The lowest BCUT2D eigenvalue weighted by atomic mass is 9.97. The Labute approximate surface area is 129 Å². The normalized spacial score (nSPS) is 18.6. The quantitative estimate of drug-likeness (QED) is 0.898. The lowest BCUT2D eigenvalue weighted by Crippen LogP contribution is -2.48. The molecule has 1 aliphatic rings. The molecule has 0 aliphatic carbocycles. The lowest BCUT2D eigenvalue weighted by Gasteiger charge is -2.32. The lowest BCUT2D eigenvalue weighted by molar-refractivity contribution is -0.121. The van der Waals surface area contributed by atoms with E-state index in [1.165, 1.54) is 0 Å². The molecule has 0 saturated carbocycles. The molecular weight excluding hydrogens is 286 g/mol. The molecular formula is C15H23N3O2S. The van der Waals surface area contributed by atoms with Crippen LogP contribution in [0.5, 0.6) is 0 Å². The number of hydrogen-bond donors (Lipinski definition) is 2. The van der Waals surface area contributed by atoms with Gasteiger partial charge in [0, 0.05) is 25.0 Å². The van der Waals surface area contributed by atoms with E-state index in [1.807, 2.05) is 16.8 Å². The zero-order valence-corrected chi connectivity index (χ0v) is 13.4. The molecule has 1 atom stereocenters. The summed E-state index contributed by atoms with van der Waals surface area (Å²) in [6.07, 6.45) is 1.71. The molecule has 1 aromatic heterocycles. The number of nitrogens with zero attached hydrogens (tertiary/aromatic N) is 1. The van der Waals surface area contributed by atoms with Crippen molar-refractivity contribution in [3.63, 3.8) is 0 Å². The molecule has 0 radical (unpaired) electrons. The van der Waals surface area contributed by atoms with E-state index in [-0.39, 0.29) is 17.9 Å². The van der Waals surface area contributed by atoms with E-state index in [0.717, 1.165) is 25.1 Å². The Balaban J connectivity index is 1.85. The number of urea groups is 1.